The Bertz CT molecular complexity index is 263. The van der Waals surface area contributed by atoms with Crippen LogP contribution in [-0.4, -0.2) is 36.5 Å². The Balaban J connectivity index is 1.84. The van der Waals surface area contributed by atoms with Crippen molar-refractivity contribution >= 4 is 5.91 Å². The molecule has 2 fully saturated rings. The highest BCUT2D eigenvalue weighted by atomic mass is 16.2. The molecular weight excluding hydrogens is 212 g/mol. The lowest BCUT2D eigenvalue weighted by Crippen LogP contribution is -2.51. The Kier molecular flexibility index (Phi) is 4.43. The van der Waals surface area contributed by atoms with Crippen LogP contribution in [0.25, 0.3) is 0 Å². The molecule has 3 heteroatoms. The molecule has 17 heavy (non-hydrogen) atoms. The van der Waals surface area contributed by atoms with Gasteiger partial charge in [-0.3, -0.25) is 4.79 Å². The first-order valence-electron chi connectivity index (χ1n) is 7.24. The minimum atomic E-state index is 0.321. The number of carbonyl (C=O) groups is 1. The van der Waals surface area contributed by atoms with E-state index in [9.17, 15) is 4.79 Å². The van der Waals surface area contributed by atoms with Crippen LogP contribution in [0.2, 0.25) is 0 Å². The molecular formula is C14H26N2O. The fourth-order valence-corrected chi connectivity index (χ4v) is 2.73. The Morgan fingerprint density at radius 3 is 2.59 bits per heavy atom. The maximum absolute atomic E-state index is 11.8. The third-order valence-electron chi connectivity index (χ3n) is 4.16. The normalized spacial score (nSPS) is 29.4. The second-order valence-electron chi connectivity index (χ2n) is 5.71. The number of amides is 1. The number of hydrogen-bond donors (Lipinski definition) is 1. The zero-order chi connectivity index (χ0) is 12.3. The SMILES string of the molecule is CCC(=O)N1CC(CC)CC(NCC2CC2)C1. The fourth-order valence-electron chi connectivity index (χ4n) is 2.73. The average molecular weight is 238 g/mol. The maximum Gasteiger partial charge on any atom is 0.222 e. The highest BCUT2D eigenvalue weighted by molar-refractivity contribution is 5.76. The van der Waals surface area contributed by atoms with Crippen molar-refractivity contribution in [3.63, 3.8) is 0 Å². The van der Waals surface area contributed by atoms with Crippen LogP contribution < -0.4 is 5.32 Å². The fraction of sp³-hybridized carbons (Fsp3) is 0.929. The van der Waals surface area contributed by atoms with E-state index in [0.717, 1.165) is 25.6 Å². The molecule has 1 amide bonds. The first-order valence-corrected chi connectivity index (χ1v) is 7.24. The van der Waals surface area contributed by atoms with Gasteiger partial charge < -0.3 is 10.2 Å². The zero-order valence-electron chi connectivity index (χ0n) is 11.2. The summed E-state index contributed by atoms with van der Waals surface area (Å²) in [5.74, 6) is 1.93. The van der Waals surface area contributed by atoms with Crippen molar-refractivity contribution in [2.45, 2.75) is 52.0 Å². The van der Waals surface area contributed by atoms with Gasteiger partial charge >= 0.3 is 0 Å². The number of hydrogen-bond acceptors (Lipinski definition) is 2. The van der Waals surface area contributed by atoms with Gasteiger partial charge in [0.05, 0.1) is 0 Å². The monoisotopic (exact) mass is 238 g/mol. The van der Waals surface area contributed by atoms with Crippen molar-refractivity contribution in [1.82, 2.24) is 10.2 Å². The Labute approximate surface area is 105 Å². The van der Waals surface area contributed by atoms with E-state index in [0.29, 0.717) is 24.3 Å². The summed E-state index contributed by atoms with van der Waals surface area (Å²) >= 11 is 0. The lowest BCUT2D eigenvalue weighted by Gasteiger charge is -2.38. The molecule has 2 unspecified atom stereocenters. The van der Waals surface area contributed by atoms with Gasteiger partial charge in [0.1, 0.15) is 0 Å². The minimum absolute atomic E-state index is 0.321. The van der Waals surface area contributed by atoms with Gasteiger partial charge in [0.2, 0.25) is 5.91 Å². The summed E-state index contributed by atoms with van der Waals surface area (Å²) in [6, 6.07) is 0.532. The van der Waals surface area contributed by atoms with E-state index >= 15 is 0 Å². The predicted octanol–water partition coefficient (Wildman–Crippen LogP) is 2.02. The van der Waals surface area contributed by atoms with Crippen LogP contribution in [0, 0.1) is 11.8 Å². The third kappa shape index (κ3) is 3.70. The molecule has 1 N–H and O–H groups in total. The number of carbonyl (C=O) groups excluding carboxylic acids is 1. The highest BCUT2D eigenvalue weighted by Gasteiger charge is 2.29. The molecule has 1 heterocycles. The predicted molar refractivity (Wildman–Crippen MR) is 69.8 cm³/mol. The van der Waals surface area contributed by atoms with Gasteiger partial charge in [-0.25, -0.2) is 0 Å². The van der Waals surface area contributed by atoms with Crippen molar-refractivity contribution < 1.29 is 4.79 Å². The minimum Gasteiger partial charge on any atom is -0.341 e. The Morgan fingerprint density at radius 1 is 1.24 bits per heavy atom. The van der Waals surface area contributed by atoms with Gasteiger partial charge in [0.15, 0.2) is 0 Å². The van der Waals surface area contributed by atoms with Gasteiger partial charge in [0, 0.05) is 25.6 Å². The molecule has 1 saturated heterocycles. The summed E-state index contributed by atoms with van der Waals surface area (Å²) in [5, 5.41) is 3.66. The van der Waals surface area contributed by atoms with Gasteiger partial charge in [-0.15, -0.1) is 0 Å². The van der Waals surface area contributed by atoms with Crippen LogP contribution in [0.5, 0.6) is 0 Å². The van der Waals surface area contributed by atoms with E-state index in [2.05, 4.69) is 17.1 Å². The quantitative estimate of drug-likeness (QED) is 0.795. The van der Waals surface area contributed by atoms with E-state index < -0.39 is 0 Å². The van der Waals surface area contributed by atoms with Crippen LogP contribution >= 0.6 is 0 Å². The molecule has 3 nitrogen and oxygen atoms in total. The molecule has 0 aromatic heterocycles. The van der Waals surface area contributed by atoms with Crippen molar-refractivity contribution in [2.24, 2.45) is 11.8 Å². The summed E-state index contributed by atoms with van der Waals surface area (Å²) in [6.45, 7) is 7.27. The summed E-state index contributed by atoms with van der Waals surface area (Å²) < 4.78 is 0. The average Bonchev–Trinajstić information content (AvgIpc) is 3.19. The second-order valence-corrected chi connectivity index (χ2v) is 5.71. The zero-order valence-corrected chi connectivity index (χ0v) is 11.2. The summed E-state index contributed by atoms with van der Waals surface area (Å²) in [7, 11) is 0. The standard InChI is InChI=1S/C14H26N2O/c1-3-11-7-13(15-8-12-5-6-12)10-16(9-11)14(17)4-2/h11-13,15H,3-10H2,1-2H3. The van der Waals surface area contributed by atoms with Crippen LogP contribution in [0.4, 0.5) is 0 Å². The number of likely N-dealkylation sites (tertiary alicyclic amines) is 1. The molecule has 0 aromatic carbocycles. The lowest BCUT2D eigenvalue weighted by molar-refractivity contribution is -0.133. The molecule has 1 aliphatic heterocycles. The third-order valence-corrected chi connectivity index (χ3v) is 4.16. The van der Waals surface area contributed by atoms with E-state index in [1.54, 1.807) is 0 Å². The first-order chi connectivity index (χ1) is 8.22. The van der Waals surface area contributed by atoms with Gasteiger partial charge in [-0.1, -0.05) is 20.3 Å². The molecule has 2 rings (SSSR count). The van der Waals surface area contributed by atoms with Crippen molar-refractivity contribution in [1.29, 1.82) is 0 Å². The first kappa shape index (κ1) is 12.9. The van der Waals surface area contributed by atoms with Crippen LogP contribution in [0.15, 0.2) is 0 Å². The van der Waals surface area contributed by atoms with Crippen LogP contribution in [0.3, 0.4) is 0 Å². The summed E-state index contributed by atoms with van der Waals surface area (Å²) in [5.41, 5.74) is 0. The van der Waals surface area contributed by atoms with Gasteiger partial charge in [0.25, 0.3) is 0 Å². The molecule has 0 bridgehead atoms. The molecule has 98 valence electrons. The Morgan fingerprint density at radius 2 is 2.00 bits per heavy atom. The molecule has 1 saturated carbocycles. The van der Waals surface area contributed by atoms with E-state index in [1.165, 1.54) is 25.7 Å². The van der Waals surface area contributed by atoms with Crippen LogP contribution in [-0.2, 0) is 4.79 Å². The smallest absolute Gasteiger partial charge is 0.222 e. The molecule has 2 atom stereocenters. The number of nitrogens with one attached hydrogen (secondary N) is 1. The van der Waals surface area contributed by atoms with E-state index in [1.807, 2.05) is 6.92 Å². The molecule has 1 aliphatic carbocycles. The molecule has 0 radical (unpaired) electrons. The Hall–Kier alpha value is -0.570. The highest BCUT2D eigenvalue weighted by Crippen LogP contribution is 2.28. The molecule has 0 spiro atoms. The number of nitrogens with zero attached hydrogens (tertiary/aromatic N) is 1. The largest absolute Gasteiger partial charge is 0.341 e. The van der Waals surface area contributed by atoms with Crippen molar-refractivity contribution in [3.8, 4) is 0 Å². The molecule has 0 aromatic rings. The van der Waals surface area contributed by atoms with E-state index in [4.69, 9.17) is 0 Å². The maximum atomic E-state index is 11.8. The second kappa shape index (κ2) is 5.85. The number of rotatable bonds is 5. The van der Waals surface area contributed by atoms with Gasteiger partial charge in [-0.05, 0) is 37.6 Å². The van der Waals surface area contributed by atoms with Crippen molar-refractivity contribution in [2.75, 3.05) is 19.6 Å². The topological polar surface area (TPSA) is 32.3 Å². The van der Waals surface area contributed by atoms with Crippen molar-refractivity contribution in [3.05, 3.63) is 0 Å². The van der Waals surface area contributed by atoms with Crippen LogP contribution in [0.1, 0.15) is 46.0 Å². The number of piperidine rings is 1. The van der Waals surface area contributed by atoms with Gasteiger partial charge in [-0.2, -0.15) is 0 Å². The van der Waals surface area contributed by atoms with E-state index in [-0.39, 0.29) is 0 Å². The summed E-state index contributed by atoms with van der Waals surface area (Å²) in [4.78, 5) is 13.9. The summed E-state index contributed by atoms with van der Waals surface area (Å²) in [6.07, 6.45) is 5.88. The lowest BCUT2D eigenvalue weighted by atomic mass is 9.92. The molecule has 2 aliphatic rings.